The van der Waals surface area contributed by atoms with Crippen LogP contribution in [0.1, 0.15) is 31.9 Å². The normalized spacial score (nSPS) is 23.1. The quantitative estimate of drug-likeness (QED) is 0.913. The first-order valence-electron chi connectivity index (χ1n) is 6.94. The number of rotatable bonds is 2. The van der Waals surface area contributed by atoms with E-state index in [1.807, 2.05) is 20.8 Å². The number of carbonyl (C=O) groups excluding carboxylic acids is 1. The molecule has 0 unspecified atom stereocenters. The van der Waals surface area contributed by atoms with Crippen LogP contribution in [0.25, 0.3) is 0 Å². The standard InChI is InChI=1S/C15H23NO3S/c1-10-8-20-9-12(10)5-11-6-16(7-13(11)17)14(18)19-15(2,3)4/h8-9,11,13,17H,5-7H2,1-4H3/t11-,13-/m1/s1. The monoisotopic (exact) mass is 297 g/mol. The summed E-state index contributed by atoms with van der Waals surface area (Å²) >= 11 is 1.68. The van der Waals surface area contributed by atoms with Crippen molar-refractivity contribution in [3.63, 3.8) is 0 Å². The van der Waals surface area contributed by atoms with Crippen LogP contribution in [0, 0.1) is 12.8 Å². The number of amides is 1. The van der Waals surface area contributed by atoms with Gasteiger partial charge in [-0.25, -0.2) is 4.79 Å². The zero-order valence-electron chi connectivity index (χ0n) is 12.5. The van der Waals surface area contributed by atoms with E-state index in [4.69, 9.17) is 4.74 Å². The minimum Gasteiger partial charge on any atom is -0.444 e. The summed E-state index contributed by atoms with van der Waals surface area (Å²) in [7, 11) is 0. The number of carbonyl (C=O) groups is 1. The molecule has 0 saturated carbocycles. The highest BCUT2D eigenvalue weighted by Crippen LogP contribution is 2.26. The third kappa shape index (κ3) is 3.73. The lowest BCUT2D eigenvalue weighted by atomic mass is 9.96. The maximum atomic E-state index is 12.0. The van der Waals surface area contributed by atoms with Gasteiger partial charge in [-0.2, -0.15) is 11.3 Å². The number of hydrogen-bond acceptors (Lipinski definition) is 4. The summed E-state index contributed by atoms with van der Waals surface area (Å²) in [5, 5.41) is 14.4. The molecular weight excluding hydrogens is 274 g/mol. The fraction of sp³-hybridized carbons (Fsp3) is 0.667. The molecule has 1 aromatic rings. The van der Waals surface area contributed by atoms with Crippen molar-refractivity contribution >= 4 is 17.4 Å². The van der Waals surface area contributed by atoms with Crippen molar-refractivity contribution in [3.05, 3.63) is 21.9 Å². The lowest BCUT2D eigenvalue weighted by Crippen LogP contribution is -2.35. The van der Waals surface area contributed by atoms with Crippen LogP contribution in [0.5, 0.6) is 0 Å². The van der Waals surface area contributed by atoms with E-state index in [1.54, 1.807) is 16.2 Å². The molecule has 2 atom stereocenters. The highest BCUT2D eigenvalue weighted by atomic mass is 32.1. The first kappa shape index (κ1) is 15.3. The molecule has 2 heterocycles. The van der Waals surface area contributed by atoms with Crippen LogP contribution in [0.2, 0.25) is 0 Å². The lowest BCUT2D eigenvalue weighted by molar-refractivity contribution is 0.0270. The largest absolute Gasteiger partial charge is 0.444 e. The minimum atomic E-state index is -0.496. The highest BCUT2D eigenvalue weighted by molar-refractivity contribution is 7.08. The minimum absolute atomic E-state index is 0.0934. The Kier molecular flexibility index (Phi) is 4.39. The van der Waals surface area contributed by atoms with Gasteiger partial charge in [-0.1, -0.05) is 0 Å². The zero-order chi connectivity index (χ0) is 14.9. The Hall–Kier alpha value is -1.07. The maximum Gasteiger partial charge on any atom is 0.410 e. The van der Waals surface area contributed by atoms with Crippen LogP contribution in [-0.4, -0.2) is 40.9 Å². The molecule has 112 valence electrons. The van der Waals surface area contributed by atoms with E-state index in [0.717, 1.165) is 6.42 Å². The van der Waals surface area contributed by atoms with Crippen LogP contribution in [-0.2, 0) is 11.2 Å². The number of likely N-dealkylation sites (tertiary alicyclic amines) is 1. The van der Waals surface area contributed by atoms with Crippen LogP contribution >= 0.6 is 11.3 Å². The fourth-order valence-corrected chi connectivity index (χ4v) is 3.28. The number of aliphatic hydroxyl groups is 1. The summed E-state index contributed by atoms with van der Waals surface area (Å²) in [6.07, 6.45) is 0.0124. The average Bonchev–Trinajstić information content (AvgIpc) is 2.86. The van der Waals surface area contributed by atoms with Gasteiger partial charge in [-0.3, -0.25) is 0 Å². The molecule has 1 aliphatic rings. The van der Waals surface area contributed by atoms with Crippen molar-refractivity contribution in [2.24, 2.45) is 5.92 Å². The van der Waals surface area contributed by atoms with Crippen LogP contribution in [0.4, 0.5) is 4.79 Å². The molecule has 1 saturated heterocycles. The van der Waals surface area contributed by atoms with E-state index < -0.39 is 11.7 Å². The van der Waals surface area contributed by atoms with E-state index in [0.29, 0.717) is 13.1 Å². The van der Waals surface area contributed by atoms with Gasteiger partial charge in [0.1, 0.15) is 5.60 Å². The van der Waals surface area contributed by atoms with Crippen molar-refractivity contribution in [1.82, 2.24) is 4.90 Å². The molecule has 0 aliphatic carbocycles. The Labute approximate surface area is 124 Å². The number of nitrogens with zero attached hydrogens (tertiary/aromatic N) is 1. The Balaban J connectivity index is 1.95. The predicted molar refractivity (Wildman–Crippen MR) is 80.1 cm³/mol. The molecule has 0 radical (unpaired) electrons. The van der Waals surface area contributed by atoms with Crippen molar-refractivity contribution < 1.29 is 14.6 Å². The van der Waals surface area contributed by atoms with Crippen LogP contribution in [0.15, 0.2) is 10.8 Å². The van der Waals surface area contributed by atoms with E-state index in [-0.39, 0.29) is 12.0 Å². The van der Waals surface area contributed by atoms with E-state index >= 15 is 0 Å². The molecule has 1 amide bonds. The Morgan fingerprint density at radius 1 is 1.45 bits per heavy atom. The zero-order valence-corrected chi connectivity index (χ0v) is 13.4. The molecule has 5 heteroatoms. The average molecular weight is 297 g/mol. The summed E-state index contributed by atoms with van der Waals surface area (Å²) in [4.78, 5) is 13.6. The Morgan fingerprint density at radius 2 is 2.15 bits per heavy atom. The molecule has 2 rings (SSSR count). The summed E-state index contributed by atoms with van der Waals surface area (Å²) in [5.74, 6) is 0.0934. The van der Waals surface area contributed by atoms with Crippen molar-refractivity contribution in [1.29, 1.82) is 0 Å². The summed E-state index contributed by atoms with van der Waals surface area (Å²) < 4.78 is 5.36. The maximum absolute atomic E-state index is 12.0. The van der Waals surface area contributed by atoms with Gasteiger partial charge in [0.25, 0.3) is 0 Å². The molecule has 0 aromatic carbocycles. The second-order valence-corrected chi connectivity index (χ2v) is 7.24. The molecule has 1 N–H and O–H groups in total. The predicted octanol–water partition coefficient (Wildman–Crippen LogP) is 2.83. The molecule has 1 fully saturated rings. The van der Waals surface area contributed by atoms with Crippen LogP contribution < -0.4 is 0 Å². The molecule has 0 spiro atoms. The van der Waals surface area contributed by atoms with Gasteiger partial charge < -0.3 is 14.7 Å². The SMILES string of the molecule is Cc1cscc1C[C@@H]1CN(C(=O)OC(C)(C)C)C[C@H]1O. The van der Waals surface area contributed by atoms with Crippen molar-refractivity contribution in [2.45, 2.75) is 45.8 Å². The molecule has 0 bridgehead atoms. The molecule has 4 nitrogen and oxygen atoms in total. The van der Waals surface area contributed by atoms with Crippen molar-refractivity contribution in [2.75, 3.05) is 13.1 Å². The number of hydrogen-bond donors (Lipinski definition) is 1. The number of β-amino-alcohol motifs (C(OH)–C–C–N with tert-alkyl or cyclic N) is 1. The highest BCUT2D eigenvalue weighted by Gasteiger charge is 2.36. The second-order valence-electron chi connectivity index (χ2n) is 6.50. The summed E-state index contributed by atoms with van der Waals surface area (Å²) in [5.41, 5.74) is 2.03. The topological polar surface area (TPSA) is 49.8 Å². The first-order chi connectivity index (χ1) is 9.26. The Morgan fingerprint density at radius 3 is 2.70 bits per heavy atom. The summed E-state index contributed by atoms with van der Waals surface area (Å²) in [6.45, 7) is 8.56. The van der Waals surface area contributed by atoms with Gasteiger partial charge in [0, 0.05) is 12.5 Å². The van der Waals surface area contributed by atoms with Gasteiger partial charge >= 0.3 is 6.09 Å². The van der Waals surface area contributed by atoms with Gasteiger partial charge in [-0.15, -0.1) is 0 Å². The van der Waals surface area contributed by atoms with Gasteiger partial charge in [0.05, 0.1) is 12.6 Å². The van der Waals surface area contributed by atoms with E-state index in [9.17, 15) is 9.90 Å². The number of aryl methyl sites for hydroxylation is 1. The first-order valence-corrected chi connectivity index (χ1v) is 7.88. The number of ether oxygens (including phenoxy) is 1. The number of thiophene rings is 1. The van der Waals surface area contributed by atoms with Gasteiger partial charge in [-0.05, 0) is 56.0 Å². The second kappa shape index (κ2) is 5.74. The molecule has 1 aliphatic heterocycles. The van der Waals surface area contributed by atoms with E-state index in [1.165, 1.54) is 11.1 Å². The molecular formula is C15H23NO3S. The van der Waals surface area contributed by atoms with Gasteiger partial charge in [0.2, 0.25) is 0 Å². The smallest absolute Gasteiger partial charge is 0.410 e. The fourth-order valence-electron chi connectivity index (χ4n) is 2.41. The van der Waals surface area contributed by atoms with E-state index in [2.05, 4.69) is 17.7 Å². The van der Waals surface area contributed by atoms with Crippen LogP contribution in [0.3, 0.4) is 0 Å². The summed E-state index contributed by atoms with van der Waals surface area (Å²) in [6, 6.07) is 0. The number of aliphatic hydroxyl groups excluding tert-OH is 1. The van der Waals surface area contributed by atoms with Crippen molar-refractivity contribution in [3.8, 4) is 0 Å². The lowest BCUT2D eigenvalue weighted by Gasteiger charge is -2.24. The molecule has 1 aromatic heterocycles. The Bertz CT molecular complexity index is 478. The van der Waals surface area contributed by atoms with Gasteiger partial charge in [0.15, 0.2) is 0 Å². The third-order valence-electron chi connectivity index (χ3n) is 3.50. The molecule has 20 heavy (non-hydrogen) atoms. The third-order valence-corrected chi connectivity index (χ3v) is 4.41.